The Morgan fingerprint density at radius 2 is 2.33 bits per heavy atom. The summed E-state index contributed by atoms with van der Waals surface area (Å²) in [7, 11) is 0. The van der Waals surface area contributed by atoms with Gasteiger partial charge in [0.2, 0.25) is 5.95 Å². The highest BCUT2D eigenvalue weighted by Crippen LogP contribution is 2.04. The lowest BCUT2D eigenvalue weighted by molar-refractivity contribution is 0.582. The predicted molar refractivity (Wildman–Crippen MR) is 41.4 cm³/mol. The van der Waals surface area contributed by atoms with E-state index in [1.165, 1.54) is 12.3 Å². The standard InChI is InChI=1S/C9H5FN2/c1-7-5-9(10)12-6-8(7)3-2-4-11/h5-6H,1H3. The topological polar surface area (TPSA) is 36.7 Å². The van der Waals surface area contributed by atoms with Gasteiger partial charge < -0.3 is 0 Å². The number of nitriles is 1. The Labute approximate surface area is 69.7 Å². The Balaban J connectivity index is 3.12. The van der Waals surface area contributed by atoms with Crippen LogP contribution in [0, 0.1) is 36.0 Å². The zero-order chi connectivity index (χ0) is 8.97. The van der Waals surface area contributed by atoms with E-state index in [2.05, 4.69) is 16.8 Å². The number of rotatable bonds is 0. The lowest BCUT2D eigenvalue weighted by atomic mass is 10.2. The van der Waals surface area contributed by atoms with Gasteiger partial charge in [-0.05, 0) is 24.5 Å². The van der Waals surface area contributed by atoms with Crippen molar-refractivity contribution in [3.8, 4) is 17.9 Å². The first-order valence-electron chi connectivity index (χ1n) is 3.26. The van der Waals surface area contributed by atoms with Crippen LogP contribution in [0.4, 0.5) is 4.39 Å². The molecule has 0 unspecified atom stereocenters. The Morgan fingerprint density at radius 3 is 2.92 bits per heavy atom. The van der Waals surface area contributed by atoms with E-state index in [4.69, 9.17) is 5.26 Å². The third-order valence-electron chi connectivity index (χ3n) is 1.33. The summed E-state index contributed by atoms with van der Waals surface area (Å²) < 4.78 is 12.4. The van der Waals surface area contributed by atoms with Crippen LogP contribution < -0.4 is 0 Å². The molecule has 12 heavy (non-hydrogen) atoms. The Kier molecular flexibility index (Phi) is 2.40. The summed E-state index contributed by atoms with van der Waals surface area (Å²) in [5, 5.41) is 8.15. The molecule has 0 aliphatic carbocycles. The third-order valence-corrected chi connectivity index (χ3v) is 1.33. The van der Waals surface area contributed by atoms with Gasteiger partial charge in [0, 0.05) is 17.7 Å². The molecule has 1 aromatic rings. The van der Waals surface area contributed by atoms with E-state index in [1.54, 1.807) is 13.0 Å². The van der Waals surface area contributed by atoms with Crippen molar-refractivity contribution in [1.29, 1.82) is 5.26 Å². The van der Waals surface area contributed by atoms with Gasteiger partial charge in [-0.25, -0.2) is 4.98 Å². The summed E-state index contributed by atoms with van der Waals surface area (Å²) >= 11 is 0. The van der Waals surface area contributed by atoms with E-state index in [9.17, 15) is 4.39 Å². The third kappa shape index (κ3) is 1.81. The molecule has 3 heteroatoms. The van der Waals surface area contributed by atoms with Gasteiger partial charge in [0.25, 0.3) is 0 Å². The maximum Gasteiger partial charge on any atom is 0.213 e. The molecule has 0 amide bonds. The highest BCUT2D eigenvalue weighted by atomic mass is 19.1. The molecule has 0 aromatic carbocycles. The number of aryl methyl sites for hydroxylation is 1. The normalized spacial score (nSPS) is 8.08. The highest BCUT2D eigenvalue weighted by molar-refractivity contribution is 5.41. The summed E-state index contributed by atoms with van der Waals surface area (Å²) in [4.78, 5) is 3.41. The van der Waals surface area contributed by atoms with Crippen molar-refractivity contribution in [2.75, 3.05) is 0 Å². The Bertz CT molecular complexity index is 393. The average molecular weight is 160 g/mol. The molecule has 0 saturated heterocycles. The van der Waals surface area contributed by atoms with Crippen molar-refractivity contribution in [2.45, 2.75) is 6.92 Å². The first-order chi connectivity index (χ1) is 5.74. The van der Waals surface area contributed by atoms with Crippen LogP contribution >= 0.6 is 0 Å². The fourth-order valence-corrected chi connectivity index (χ4v) is 0.748. The van der Waals surface area contributed by atoms with Gasteiger partial charge >= 0.3 is 0 Å². The Hall–Kier alpha value is -1.87. The van der Waals surface area contributed by atoms with Crippen LogP contribution in [0.3, 0.4) is 0 Å². The number of hydrogen-bond acceptors (Lipinski definition) is 2. The maximum atomic E-state index is 12.4. The first-order valence-corrected chi connectivity index (χ1v) is 3.26. The zero-order valence-corrected chi connectivity index (χ0v) is 6.43. The molecule has 58 valence electrons. The predicted octanol–water partition coefficient (Wildman–Crippen LogP) is 1.40. The molecule has 1 aromatic heterocycles. The minimum absolute atomic E-state index is 0.532. The SMILES string of the molecule is Cc1cc(F)ncc1C#CC#N. The second-order valence-corrected chi connectivity index (χ2v) is 2.18. The van der Waals surface area contributed by atoms with Gasteiger partial charge in [-0.15, -0.1) is 0 Å². The highest BCUT2D eigenvalue weighted by Gasteiger charge is 1.96. The molecule has 1 rings (SSSR count). The second kappa shape index (κ2) is 3.50. The molecule has 0 fully saturated rings. The monoisotopic (exact) mass is 160 g/mol. The van der Waals surface area contributed by atoms with Crippen LogP contribution in [-0.2, 0) is 0 Å². The molecule has 0 aliphatic heterocycles. The molecule has 0 radical (unpaired) electrons. The van der Waals surface area contributed by atoms with Crippen molar-refractivity contribution in [1.82, 2.24) is 4.98 Å². The fraction of sp³-hybridized carbons (Fsp3) is 0.111. The minimum atomic E-state index is -0.532. The molecular formula is C9H5FN2. The smallest absolute Gasteiger partial charge is 0.213 e. The summed E-state index contributed by atoms with van der Waals surface area (Å²) in [5.74, 6) is 4.24. The average Bonchev–Trinajstić information content (AvgIpc) is 2.03. The van der Waals surface area contributed by atoms with E-state index in [-0.39, 0.29) is 0 Å². The zero-order valence-electron chi connectivity index (χ0n) is 6.43. The summed E-state index contributed by atoms with van der Waals surface area (Å²) in [6, 6.07) is 2.95. The molecule has 0 saturated carbocycles. The van der Waals surface area contributed by atoms with Gasteiger partial charge in [-0.3, -0.25) is 0 Å². The molecular weight excluding hydrogens is 155 g/mol. The van der Waals surface area contributed by atoms with Crippen LogP contribution in [0.2, 0.25) is 0 Å². The number of halogens is 1. The Morgan fingerprint density at radius 1 is 1.58 bits per heavy atom. The fourth-order valence-electron chi connectivity index (χ4n) is 0.748. The lowest BCUT2D eigenvalue weighted by Gasteiger charge is -1.94. The van der Waals surface area contributed by atoms with Crippen LogP contribution in [0.5, 0.6) is 0 Å². The number of aromatic nitrogens is 1. The van der Waals surface area contributed by atoms with E-state index >= 15 is 0 Å². The van der Waals surface area contributed by atoms with Crippen LogP contribution in [0.1, 0.15) is 11.1 Å². The van der Waals surface area contributed by atoms with Crippen molar-refractivity contribution >= 4 is 0 Å². The number of pyridine rings is 1. The van der Waals surface area contributed by atoms with Crippen LogP contribution in [0.25, 0.3) is 0 Å². The minimum Gasteiger partial charge on any atom is -0.227 e. The van der Waals surface area contributed by atoms with Crippen molar-refractivity contribution in [3.05, 3.63) is 29.3 Å². The van der Waals surface area contributed by atoms with Crippen LogP contribution in [-0.4, -0.2) is 4.98 Å². The number of hydrogen-bond donors (Lipinski definition) is 0. The summed E-state index contributed by atoms with van der Waals surface area (Å²) in [6.45, 7) is 1.71. The lowest BCUT2D eigenvalue weighted by Crippen LogP contribution is -1.88. The second-order valence-electron chi connectivity index (χ2n) is 2.18. The van der Waals surface area contributed by atoms with Gasteiger partial charge in [0.1, 0.15) is 0 Å². The molecule has 0 spiro atoms. The van der Waals surface area contributed by atoms with Crippen LogP contribution in [0.15, 0.2) is 12.3 Å². The van der Waals surface area contributed by atoms with Crippen molar-refractivity contribution in [2.24, 2.45) is 0 Å². The summed E-state index contributed by atoms with van der Waals surface area (Å²) in [6.07, 6.45) is 1.31. The van der Waals surface area contributed by atoms with Crippen molar-refractivity contribution in [3.63, 3.8) is 0 Å². The maximum absolute atomic E-state index is 12.4. The largest absolute Gasteiger partial charge is 0.227 e. The number of nitrogens with zero attached hydrogens (tertiary/aromatic N) is 2. The quantitative estimate of drug-likeness (QED) is 0.425. The van der Waals surface area contributed by atoms with Gasteiger partial charge in [0.05, 0.1) is 0 Å². The van der Waals surface area contributed by atoms with E-state index in [1.807, 2.05) is 0 Å². The molecule has 0 N–H and O–H groups in total. The van der Waals surface area contributed by atoms with Gasteiger partial charge in [-0.1, -0.05) is 0 Å². The van der Waals surface area contributed by atoms with E-state index in [0.717, 1.165) is 0 Å². The van der Waals surface area contributed by atoms with Crippen molar-refractivity contribution < 1.29 is 4.39 Å². The molecule has 0 aliphatic rings. The van der Waals surface area contributed by atoms with Gasteiger partial charge in [-0.2, -0.15) is 9.65 Å². The summed E-state index contributed by atoms with van der Waals surface area (Å²) in [5.41, 5.74) is 1.27. The van der Waals surface area contributed by atoms with E-state index in [0.29, 0.717) is 11.1 Å². The molecule has 1 heterocycles. The van der Waals surface area contributed by atoms with Gasteiger partial charge in [0.15, 0.2) is 6.07 Å². The molecule has 0 atom stereocenters. The first kappa shape index (κ1) is 8.23. The molecule has 2 nitrogen and oxygen atoms in total. The molecule has 0 bridgehead atoms. The van der Waals surface area contributed by atoms with E-state index < -0.39 is 5.95 Å².